The highest BCUT2D eigenvalue weighted by atomic mass is 16.5. The molecular weight excluding hydrogens is 250 g/mol. The van der Waals surface area contributed by atoms with Crippen molar-refractivity contribution in [1.82, 2.24) is 4.98 Å². The minimum atomic E-state index is 0.386. The van der Waals surface area contributed by atoms with Crippen molar-refractivity contribution >= 4 is 0 Å². The van der Waals surface area contributed by atoms with E-state index < -0.39 is 0 Å². The Morgan fingerprint density at radius 3 is 2.10 bits per heavy atom. The minimum absolute atomic E-state index is 0.386. The van der Waals surface area contributed by atoms with E-state index in [2.05, 4.69) is 13.8 Å². The van der Waals surface area contributed by atoms with Crippen LogP contribution in [0.3, 0.4) is 0 Å². The Bertz CT molecular complexity index is 581. The molecule has 20 heavy (non-hydrogen) atoms. The number of benzene rings is 1. The average Bonchev–Trinajstić information content (AvgIpc) is 2.46. The van der Waals surface area contributed by atoms with Gasteiger partial charge in [-0.05, 0) is 42.7 Å². The third-order valence-electron chi connectivity index (χ3n) is 3.27. The first-order valence-corrected chi connectivity index (χ1v) is 6.76. The SMILES string of the molecule is COc1cc(C)cc(OC)c1-c1cccc(C(C)C)n1. The Morgan fingerprint density at radius 1 is 1.00 bits per heavy atom. The largest absolute Gasteiger partial charge is 0.496 e. The van der Waals surface area contributed by atoms with Crippen LogP contribution in [0.2, 0.25) is 0 Å². The van der Waals surface area contributed by atoms with Gasteiger partial charge in [-0.15, -0.1) is 0 Å². The molecule has 0 aliphatic rings. The van der Waals surface area contributed by atoms with Crippen LogP contribution >= 0.6 is 0 Å². The molecule has 0 bridgehead atoms. The molecular formula is C17H21NO2. The van der Waals surface area contributed by atoms with E-state index in [0.717, 1.165) is 34.0 Å². The number of nitrogens with zero attached hydrogens (tertiary/aromatic N) is 1. The summed E-state index contributed by atoms with van der Waals surface area (Å²) in [6.45, 7) is 6.29. The van der Waals surface area contributed by atoms with Crippen molar-refractivity contribution in [2.24, 2.45) is 0 Å². The van der Waals surface area contributed by atoms with Crippen molar-refractivity contribution in [2.75, 3.05) is 14.2 Å². The molecule has 0 unspecified atom stereocenters. The topological polar surface area (TPSA) is 31.4 Å². The molecule has 0 saturated heterocycles. The van der Waals surface area contributed by atoms with Gasteiger partial charge >= 0.3 is 0 Å². The van der Waals surface area contributed by atoms with Crippen LogP contribution in [-0.2, 0) is 0 Å². The number of hydrogen-bond acceptors (Lipinski definition) is 3. The molecule has 3 heteroatoms. The number of rotatable bonds is 4. The third kappa shape index (κ3) is 2.77. The van der Waals surface area contributed by atoms with Gasteiger partial charge in [0, 0.05) is 5.69 Å². The van der Waals surface area contributed by atoms with Crippen molar-refractivity contribution in [2.45, 2.75) is 26.7 Å². The molecule has 2 rings (SSSR count). The number of aryl methyl sites for hydroxylation is 1. The molecule has 0 fully saturated rings. The van der Waals surface area contributed by atoms with Crippen LogP contribution in [0, 0.1) is 6.92 Å². The van der Waals surface area contributed by atoms with Gasteiger partial charge in [0.1, 0.15) is 11.5 Å². The average molecular weight is 271 g/mol. The van der Waals surface area contributed by atoms with Crippen LogP contribution in [0.4, 0.5) is 0 Å². The van der Waals surface area contributed by atoms with Crippen LogP contribution in [0.25, 0.3) is 11.3 Å². The summed E-state index contributed by atoms with van der Waals surface area (Å²) < 4.78 is 11.0. The fraction of sp³-hybridized carbons (Fsp3) is 0.353. The van der Waals surface area contributed by atoms with E-state index in [4.69, 9.17) is 14.5 Å². The number of hydrogen-bond donors (Lipinski definition) is 0. The Labute approximate surface area is 120 Å². The lowest BCUT2D eigenvalue weighted by Gasteiger charge is -2.15. The van der Waals surface area contributed by atoms with Gasteiger partial charge in [-0.1, -0.05) is 19.9 Å². The van der Waals surface area contributed by atoms with Gasteiger partial charge in [0.25, 0.3) is 0 Å². The third-order valence-corrected chi connectivity index (χ3v) is 3.27. The van der Waals surface area contributed by atoms with Crippen LogP contribution in [-0.4, -0.2) is 19.2 Å². The fourth-order valence-electron chi connectivity index (χ4n) is 2.21. The van der Waals surface area contributed by atoms with Crippen molar-refractivity contribution < 1.29 is 9.47 Å². The lowest BCUT2D eigenvalue weighted by Crippen LogP contribution is -1.98. The molecule has 0 atom stereocenters. The van der Waals surface area contributed by atoms with Gasteiger partial charge in [-0.3, -0.25) is 4.98 Å². The normalized spacial score (nSPS) is 10.7. The van der Waals surface area contributed by atoms with Crippen LogP contribution < -0.4 is 9.47 Å². The minimum Gasteiger partial charge on any atom is -0.496 e. The maximum absolute atomic E-state index is 5.50. The summed E-state index contributed by atoms with van der Waals surface area (Å²) in [6.07, 6.45) is 0. The van der Waals surface area contributed by atoms with Gasteiger partial charge < -0.3 is 9.47 Å². The Hall–Kier alpha value is -2.03. The molecule has 0 aliphatic heterocycles. The van der Waals surface area contributed by atoms with Gasteiger partial charge in [0.05, 0.1) is 25.5 Å². The van der Waals surface area contributed by atoms with E-state index in [1.165, 1.54) is 0 Å². The van der Waals surface area contributed by atoms with Crippen molar-refractivity contribution in [3.8, 4) is 22.8 Å². The van der Waals surface area contributed by atoms with Crippen LogP contribution in [0.15, 0.2) is 30.3 Å². The summed E-state index contributed by atoms with van der Waals surface area (Å²) in [5, 5.41) is 0. The van der Waals surface area contributed by atoms with E-state index in [9.17, 15) is 0 Å². The zero-order chi connectivity index (χ0) is 14.7. The zero-order valence-corrected chi connectivity index (χ0v) is 12.7. The van der Waals surface area contributed by atoms with Crippen LogP contribution in [0.1, 0.15) is 31.0 Å². The van der Waals surface area contributed by atoms with E-state index in [0.29, 0.717) is 5.92 Å². The number of ether oxygens (including phenoxy) is 2. The monoisotopic (exact) mass is 271 g/mol. The molecule has 0 aliphatic carbocycles. The van der Waals surface area contributed by atoms with Crippen molar-refractivity contribution in [3.05, 3.63) is 41.6 Å². The Balaban J connectivity index is 2.64. The predicted molar refractivity (Wildman–Crippen MR) is 81.6 cm³/mol. The second kappa shape index (κ2) is 5.95. The van der Waals surface area contributed by atoms with Crippen LogP contribution in [0.5, 0.6) is 11.5 Å². The summed E-state index contributed by atoms with van der Waals surface area (Å²) >= 11 is 0. The van der Waals surface area contributed by atoms with E-state index in [-0.39, 0.29) is 0 Å². The highest BCUT2D eigenvalue weighted by Gasteiger charge is 2.15. The summed E-state index contributed by atoms with van der Waals surface area (Å²) in [5.74, 6) is 1.96. The van der Waals surface area contributed by atoms with Gasteiger partial charge in [-0.2, -0.15) is 0 Å². The maximum atomic E-state index is 5.50. The first-order valence-electron chi connectivity index (χ1n) is 6.76. The first kappa shape index (κ1) is 14.4. The molecule has 0 saturated carbocycles. The Kier molecular flexibility index (Phi) is 4.28. The first-order chi connectivity index (χ1) is 9.56. The summed E-state index contributed by atoms with van der Waals surface area (Å²) in [4.78, 5) is 4.73. The molecule has 1 heterocycles. The second-order valence-corrected chi connectivity index (χ2v) is 5.15. The Morgan fingerprint density at radius 2 is 1.60 bits per heavy atom. The lowest BCUT2D eigenvalue weighted by molar-refractivity contribution is 0.396. The standard InChI is InChI=1S/C17H21NO2/c1-11(2)13-7-6-8-14(18-13)17-15(19-4)9-12(3)10-16(17)20-5/h6-11H,1-5H3. The zero-order valence-electron chi connectivity index (χ0n) is 12.7. The van der Waals surface area contributed by atoms with E-state index >= 15 is 0 Å². The molecule has 0 spiro atoms. The lowest BCUT2D eigenvalue weighted by atomic mass is 10.0. The maximum Gasteiger partial charge on any atom is 0.132 e. The summed E-state index contributed by atoms with van der Waals surface area (Å²) in [6, 6.07) is 10.1. The van der Waals surface area contributed by atoms with Gasteiger partial charge in [0.2, 0.25) is 0 Å². The number of aromatic nitrogens is 1. The molecule has 1 aromatic carbocycles. The van der Waals surface area contributed by atoms with Gasteiger partial charge in [0.15, 0.2) is 0 Å². The smallest absolute Gasteiger partial charge is 0.132 e. The quantitative estimate of drug-likeness (QED) is 0.835. The molecule has 0 amide bonds. The van der Waals surface area contributed by atoms with E-state index in [1.54, 1.807) is 14.2 Å². The van der Waals surface area contributed by atoms with Gasteiger partial charge in [-0.25, -0.2) is 0 Å². The molecule has 1 aromatic heterocycles. The molecule has 3 nitrogen and oxygen atoms in total. The highest BCUT2D eigenvalue weighted by molar-refractivity contribution is 5.75. The number of pyridine rings is 1. The van der Waals surface area contributed by atoms with E-state index in [1.807, 2.05) is 37.3 Å². The molecule has 0 N–H and O–H groups in total. The highest BCUT2D eigenvalue weighted by Crippen LogP contribution is 2.38. The molecule has 2 aromatic rings. The second-order valence-electron chi connectivity index (χ2n) is 5.15. The van der Waals surface area contributed by atoms with Crippen molar-refractivity contribution in [3.63, 3.8) is 0 Å². The number of methoxy groups -OCH3 is 2. The predicted octanol–water partition coefficient (Wildman–Crippen LogP) is 4.20. The summed E-state index contributed by atoms with van der Waals surface area (Å²) in [7, 11) is 3.34. The molecule has 0 radical (unpaired) electrons. The molecule has 106 valence electrons. The van der Waals surface area contributed by atoms with Crippen molar-refractivity contribution in [1.29, 1.82) is 0 Å². The fourth-order valence-corrected chi connectivity index (χ4v) is 2.21. The summed E-state index contributed by atoms with van der Waals surface area (Å²) in [5.41, 5.74) is 3.95.